The Morgan fingerprint density at radius 3 is 2.40 bits per heavy atom. The lowest BCUT2D eigenvalue weighted by molar-refractivity contribution is -0.116. The average Bonchev–Trinajstić information content (AvgIpc) is 2.88. The summed E-state index contributed by atoms with van der Waals surface area (Å²) in [6.07, 6.45) is 2.53. The standard InChI is InChI=1S/C18H19ClN4O2/c1-2-10-22-14-5-3-4-6-15(14)23(18(22)25)11-9-17(24)21-16-8-7-13(19)12-20-16/h3-8,12H,2,9-11H2,1H3,(H,20,21,24). The van der Waals surface area contributed by atoms with Crippen LogP contribution in [0.1, 0.15) is 19.8 Å². The van der Waals surface area contributed by atoms with Crippen LogP contribution in [0.25, 0.3) is 11.0 Å². The van der Waals surface area contributed by atoms with Crippen LogP contribution in [0.5, 0.6) is 0 Å². The Kier molecular flexibility index (Phi) is 5.19. The average molecular weight is 359 g/mol. The molecule has 0 fully saturated rings. The van der Waals surface area contributed by atoms with Gasteiger partial charge in [-0.3, -0.25) is 13.9 Å². The number of benzene rings is 1. The fourth-order valence-electron chi connectivity index (χ4n) is 2.80. The summed E-state index contributed by atoms with van der Waals surface area (Å²) in [7, 11) is 0. The number of nitrogens with one attached hydrogen (secondary N) is 1. The van der Waals surface area contributed by atoms with Gasteiger partial charge in [-0.2, -0.15) is 0 Å². The van der Waals surface area contributed by atoms with Gasteiger partial charge in [0.2, 0.25) is 5.91 Å². The number of fused-ring (bicyclic) bond motifs is 1. The summed E-state index contributed by atoms with van der Waals surface area (Å²) in [5, 5.41) is 3.22. The van der Waals surface area contributed by atoms with E-state index in [1.165, 1.54) is 6.20 Å². The number of aryl methyl sites for hydroxylation is 2. The van der Waals surface area contributed by atoms with Crippen LogP contribution in [0.4, 0.5) is 5.82 Å². The van der Waals surface area contributed by atoms with E-state index in [0.29, 0.717) is 23.9 Å². The number of aromatic nitrogens is 3. The van der Waals surface area contributed by atoms with Crippen LogP contribution in [0, 0.1) is 0 Å². The predicted molar refractivity (Wildman–Crippen MR) is 99.0 cm³/mol. The second kappa shape index (κ2) is 7.53. The molecule has 2 aromatic heterocycles. The zero-order valence-electron chi connectivity index (χ0n) is 13.9. The Labute approximate surface area is 150 Å². The quantitative estimate of drug-likeness (QED) is 0.735. The number of halogens is 1. The van der Waals surface area contributed by atoms with Gasteiger partial charge in [0, 0.05) is 25.7 Å². The minimum absolute atomic E-state index is 0.0829. The molecule has 3 rings (SSSR count). The molecule has 3 aromatic rings. The van der Waals surface area contributed by atoms with Crippen LogP contribution in [0.15, 0.2) is 47.4 Å². The smallest absolute Gasteiger partial charge is 0.311 e. The molecule has 7 heteroatoms. The summed E-state index contributed by atoms with van der Waals surface area (Å²) in [4.78, 5) is 28.8. The monoisotopic (exact) mass is 358 g/mol. The Bertz CT molecular complexity index is 944. The van der Waals surface area contributed by atoms with Gasteiger partial charge in [0.15, 0.2) is 0 Å². The predicted octanol–water partition coefficient (Wildman–Crippen LogP) is 3.29. The van der Waals surface area contributed by atoms with Crippen molar-refractivity contribution in [3.63, 3.8) is 0 Å². The van der Waals surface area contributed by atoms with E-state index in [9.17, 15) is 9.59 Å². The number of nitrogens with zero attached hydrogens (tertiary/aromatic N) is 3. The third-order valence-electron chi connectivity index (χ3n) is 3.93. The first-order valence-electron chi connectivity index (χ1n) is 8.19. The first-order valence-corrected chi connectivity index (χ1v) is 8.57. The molecule has 0 bridgehead atoms. The summed E-state index contributed by atoms with van der Waals surface area (Å²) in [6.45, 7) is 3.01. The van der Waals surface area contributed by atoms with E-state index in [-0.39, 0.29) is 18.0 Å². The summed E-state index contributed by atoms with van der Waals surface area (Å²) in [6, 6.07) is 10.9. The number of hydrogen-bond donors (Lipinski definition) is 1. The van der Waals surface area contributed by atoms with E-state index in [1.807, 2.05) is 31.2 Å². The molecule has 1 aromatic carbocycles. The molecule has 0 aliphatic heterocycles. The lowest BCUT2D eigenvalue weighted by Gasteiger charge is -2.05. The van der Waals surface area contributed by atoms with Crippen LogP contribution in [-0.4, -0.2) is 20.0 Å². The van der Waals surface area contributed by atoms with Gasteiger partial charge in [0.25, 0.3) is 0 Å². The number of amides is 1. The minimum atomic E-state index is -0.200. The van der Waals surface area contributed by atoms with Gasteiger partial charge in [-0.25, -0.2) is 9.78 Å². The summed E-state index contributed by atoms with van der Waals surface area (Å²) < 4.78 is 3.41. The third kappa shape index (κ3) is 3.74. The van der Waals surface area contributed by atoms with Crippen molar-refractivity contribution >= 4 is 34.4 Å². The van der Waals surface area contributed by atoms with Crippen molar-refractivity contribution in [1.82, 2.24) is 14.1 Å². The van der Waals surface area contributed by atoms with E-state index in [2.05, 4.69) is 10.3 Å². The molecule has 1 amide bonds. The molecule has 0 atom stereocenters. The van der Waals surface area contributed by atoms with E-state index in [1.54, 1.807) is 21.3 Å². The Balaban J connectivity index is 1.76. The van der Waals surface area contributed by atoms with E-state index in [4.69, 9.17) is 11.6 Å². The second-order valence-corrected chi connectivity index (χ2v) is 6.17. The molecule has 0 radical (unpaired) electrons. The lowest BCUT2D eigenvalue weighted by atomic mass is 10.3. The van der Waals surface area contributed by atoms with Gasteiger partial charge in [-0.1, -0.05) is 30.7 Å². The fourth-order valence-corrected chi connectivity index (χ4v) is 2.91. The second-order valence-electron chi connectivity index (χ2n) is 5.73. The number of hydrogen-bond acceptors (Lipinski definition) is 3. The van der Waals surface area contributed by atoms with Crippen molar-refractivity contribution in [3.8, 4) is 0 Å². The minimum Gasteiger partial charge on any atom is -0.311 e. The van der Waals surface area contributed by atoms with Gasteiger partial charge in [-0.05, 0) is 30.7 Å². The Hall–Kier alpha value is -2.60. The van der Waals surface area contributed by atoms with Gasteiger partial charge < -0.3 is 5.32 Å². The molecule has 0 saturated heterocycles. The molecule has 0 aliphatic carbocycles. The molecule has 1 N–H and O–H groups in total. The number of pyridine rings is 1. The number of anilines is 1. The van der Waals surface area contributed by atoms with Gasteiger partial charge >= 0.3 is 5.69 Å². The topological polar surface area (TPSA) is 68.9 Å². The number of carbonyl (C=O) groups excluding carboxylic acids is 1. The molecule has 6 nitrogen and oxygen atoms in total. The highest BCUT2D eigenvalue weighted by Gasteiger charge is 2.13. The zero-order chi connectivity index (χ0) is 17.8. The summed E-state index contributed by atoms with van der Waals surface area (Å²) >= 11 is 5.77. The first kappa shape index (κ1) is 17.2. The van der Waals surface area contributed by atoms with Crippen LogP contribution in [-0.2, 0) is 17.9 Å². The van der Waals surface area contributed by atoms with Crippen LogP contribution >= 0.6 is 11.6 Å². The fraction of sp³-hybridized carbons (Fsp3) is 0.278. The maximum absolute atomic E-state index is 12.7. The summed E-state index contributed by atoms with van der Waals surface area (Å²) in [5.74, 6) is 0.240. The van der Waals surface area contributed by atoms with Crippen molar-refractivity contribution in [1.29, 1.82) is 0 Å². The summed E-state index contributed by atoms with van der Waals surface area (Å²) in [5.41, 5.74) is 1.66. The van der Waals surface area contributed by atoms with Crippen molar-refractivity contribution in [2.24, 2.45) is 0 Å². The first-order chi connectivity index (χ1) is 12.1. The van der Waals surface area contributed by atoms with Gasteiger partial charge in [0.1, 0.15) is 5.82 Å². The largest absolute Gasteiger partial charge is 0.329 e. The van der Waals surface area contributed by atoms with E-state index in [0.717, 1.165) is 17.5 Å². The third-order valence-corrected chi connectivity index (χ3v) is 4.15. The van der Waals surface area contributed by atoms with E-state index < -0.39 is 0 Å². The Morgan fingerprint density at radius 1 is 1.12 bits per heavy atom. The van der Waals surface area contributed by atoms with Crippen molar-refractivity contribution in [3.05, 3.63) is 58.1 Å². The zero-order valence-corrected chi connectivity index (χ0v) is 14.7. The maximum atomic E-state index is 12.7. The number of rotatable bonds is 6. The van der Waals surface area contributed by atoms with Gasteiger partial charge in [-0.15, -0.1) is 0 Å². The van der Waals surface area contributed by atoms with Gasteiger partial charge in [0.05, 0.1) is 16.1 Å². The SMILES string of the molecule is CCCn1c(=O)n(CCC(=O)Nc2ccc(Cl)cn2)c2ccccc21. The van der Waals surface area contributed by atoms with Crippen LogP contribution in [0.2, 0.25) is 5.02 Å². The molecule has 0 unspecified atom stereocenters. The number of para-hydroxylation sites is 2. The molecular weight excluding hydrogens is 340 g/mol. The highest BCUT2D eigenvalue weighted by Crippen LogP contribution is 2.14. The van der Waals surface area contributed by atoms with Crippen molar-refractivity contribution < 1.29 is 4.79 Å². The van der Waals surface area contributed by atoms with Crippen LogP contribution in [0.3, 0.4) is 0 Å². The number of imidazole rings is 1. The van der Waals surface area contributed by atoms with Crippen LogP contribution < -0.4 is 11.0 Å². The lowest BCUT2D eigenvalue weighted by Crippen LogP contribution is -2.26. The molecule has 130 valence electrons. The molecule has 25 heavy (non-hydrogen) atoms. The van der Waals surface area contributed by atoms with E-state index >= 15 is 0 Å². The molecular formula is C18H19ClN4O2. The maximum Gasteiger partial charge on any atom is 0.329 e. The molecule has 0 spiro atoms. The highest BCUT2D eigenvalue weighted by molar-refractivity contribution is 6.30. The normalized spacial score (nSPS) is 11.0. The molecule has 0 saturated carbocycles. The van der Waals surface area contributed by atoms with Crippen molar-refractivity contribution in [2.45, 2.75) is 32.9 Å². The van der Waals surface area contributed by atoms with Crippen molar-refractivity contribution in [2.75, 3.05) is 5.32 Å². The Morgan fingerprint density at radius 2 is 1.80 bits per heavy atom. The molecule has 2 heterocycles. The number of carbonyl (C=O) groups is 1. The highest BCUT2D eigenvalue weighted by atomic mass is 35.5. The molecule has 0 aliphatic rings.